The van der Waals surface area contributed by atoms with Crippen LogP contribution >= 0.6 is 0 Å². The fourth-order valence-corrected chi connectivity index (χ4v) is 6.55. The molecule has 2 aromatic carbocycles. The Morgan fingerprint density at radius 3 is 2.49 bits per heavy atom. The molecule has 2 aromatic heterocycles. The van der Waals surface area contributed by atoms with Crippen LogP contribution in [0.25, 0.3) is 22.3 Å². The molecule has 0 radical (unpaired) electrons. The number of carbonyl (C=O) groups excluding carboxylic acids is 2. The van der Waals surface area contributed by atoms with E-state index in [1.807, 2.05) is 47.2 Å². The average molecular weight is 639 g/mol. The molecule has 0 unspecified atom stereocenters. The second kappa shape index (κ2) is 15.9. The first-order valence-electron chi connectivity index (χ1n) is 17.1. The molecule has 0 saturated carbocycles. The number of aromatic nitrogens is 4. The van der Waals surface area contributed by atoms with Crippen molar-refractivity contribution < 1.29 is 14.3 Å². The van der Waals surface area contributed by atoms with Crippen molar-refractivity contribution >= 4 is 28.9 Å². The number of piperidine rings is 2. The van der Waals surface area contributed by atoms with E-state index >= 15 is 0 Å². The van der Waals surface area contributed by atoms with E-state index in [-0.39, 0.29) is 18.0 Å². The summed E-state index contributed by atoms with van der Waals surface area (Å²) >= 11 is 0. The normalized spacial score (nSPS) is 16.3. The molecule has 6 rings (SSSR count). The summed E-state index contributed by atoms with van der Waals surface area (Å²) < 4.78 is 7.30. The molecule has 248 valence electrons. The van der Waals surface area contributed by atoms with Crippen LogP contribution in [0.1, 0.15) is 62.2 Å². The number of benzene rings is 2. The van der Waals surface area contributed by atoms with Gasteiger partial charge >= 0.3 is 6.09 Å². The second-order valence-corrected chi connectivity index (χ2v) is 12.5. The van der Waals surface area contributed by atoms with Crippen LogP contribution in [0.2, 0.25) is 0 Å². The number of fused-ring (bicyclic) bond motifs is 1. The Bertz CT molecular complexity index is 1600. The van der Waals surface area contributed by atoms with Crippen LogP contribution in [-0.2, 0) is 11.3 Å². The third kappa shape index (κ3) is 8.45. The maximum atomic E-state index is 13.0. The van der Waals surface area contributed by atoms with E-state index in [4.69, 9.17) is 14.7 Å². The van der Waals surface area contributed by atoms with Crippen molar-refractivity contribution in [3.63, 3.8) is 0 Å². The number of unbranched alkanes of at least 4 members (excludes halogenated alkanes) is 1. The summed E-state index contributed by atoms with van der Waals surface area (Å²) in [5, 5.41) is 6.08. The van der Waals surface area contributed by atoms with Gasteiger partial charge in [-0.25, -0.2) is 19.7 Å². The molecular weight excluding hydrogens is 592 g/mol. The Morgan fingerprint density at radius 2 is 1.74 bits per heavy atom. The number of hydrogen-bond acceptors (Lipinski definition) is 8. The van der Waals surface area contributed by atoms with Gasteiger partial charge in [0.15, 0.2) is 5.82 Å². The first kappa shape index (κ1) is 32.4. The van der Waals surface area contributed by atoms with E-state index in [1.54, 1.807) is 12.5 Å². The SMILES string of the molecule is CCCCOC(=O)NC1CCN(C2CCN(c3nc4ccc(C(=O)NCCCn5ccnc5)cc4nc3-c3ccccc3)CC2)CC1. The number of imidazole rings is 1. The number of alkyl carbamates (subject to hydrolysis) is 1. The maximum absolute atomic E-state index is 13.0. The third-order valence-electron chi connectivity index (χ3n) is 9.26. The predicted molar refractivity (Wildman–Crippen MR) is 183 cm³/mol. The zero-order valence-corrected chi connectivity index (χ0v) is 27.3. The molecule has 0 atom stereocenters. The minimum absolute atomic E-state index is 0.113. The van der Waals surface area contributed by atoms with E-state index in [9.17, 15) is 9.59 Å². The summed E-state index contributed by atoms with van der Waals surface area (Å²) in [5.74, 6) is 0.779. The quantitative estimate of drug-likeness (QED) is 0.202. The molecule has 11 nitrogen and oxygen atoms in total. The Kier molecular flexibility index (Phi) is 10.9. The van der Waals surface area contributed by atoms with Gasteiger partial charge in [0.1, 0.15) is 5.69 Å². The number of nitrogens with zero attached hydrogens (tertiary/aromatic N) is 6. The van der Waals surface area contributed by atoms with Crippen LogP contribution in [0.15, 0.2) is 67.3 Å². The van der Waals surface area contributed by atoms with Crippen molar-refractivity contribution in [2.24, 2.45) is 0 Å². The van der Waals surface area contributed by atoms with E-state index in [0.717, 1.165) is 100 Å². The van der Waals surface area contributed by atoms with Crippen molar-refractivity contribution in [2.75, 3.05) is 44.2 Å². The monoisotopic (exact) mass is 638 g/mol. The van der Waals surface area contributed by atoms with E-state index < -0.39 is 0 Å². The van der Waals surface area contributed by atoms with E-state index in [1.165, 1.54) is 0 Å². The predicted octanol–water partition coefficient (Wildman–Crippen LogP) is 5.27. The lowest BCUT2D eigenvalue weighted by Crippen LogP contribution is -2.51. The minimum Gasteiger partial charge on any atom is -0.450 e. The molecule has 0 bridgehead atoms. The zero-order valence-electron chi connectivity index (χ0n) is 27.3. The average Bonchev–Trinajstić information content (AvgIpc) is 3.64. The standard InChI is InChI=1S/C36H46N8O3/c1-2-3-24-47-36(46)39-29-12-19-43(20-13-29)30-14-21-44(22-15-30)34-33(27-8-5-4-6-9-27)40-32-25-28(10-11-31(32)41-34)35(45)38-16-7-18-42-23-17-37-26-42/h4-6,8-11,17,23,25-26,29-30H,2-3,7,12-16,18-22,24H2,1H3,(H,38,45)(H,39,46). The molecule has 0 spiro atoms. The fourth-order valence-electron chi connectivity index (χ4n) is 6.55. The number of rotatable bonds is 12. The molecule has 47 heavy (non-hydrogen) atoms. The lowest BCUT2D eigenvalue weighted by Gasteiger charge is -2.42. The highest BCUT2D eigenvalue weighted by molar-refractivity contribution is 5.98. The molecule has 4 heterocycles. The summed E-state index contributed by atoms with van der Waals surface area (Å²) in [7, 11) is 0. The highest BCUT2D eigenvalue weighted by atomic mass is 16.5. The molecule has 2 fully saturated rings. The van der Waals surface area contributed by atoms with Crippen LogP contribution in [-0.4, -0.2) is 87.8 Å². The lowest BCUT2D eigenvalue weighted by atomic mass is 9.97. The molecule has 2 aliphatic rings. The van der Waals surface area contributed by atoms with Crippen molar-refractivity contribution in [2.45, 2.75) is 70.5 Å². The van der Waals surface area contributed by atoms with Crippen LogP contribution in [0.3, 0.4) is 0 Å². The number of amides is 2. The first-order valence-corrected chi connectivity index (χ1v) is 17.1. The van der Waals surface area contributed by atoms with Gasteiger partial charge in [-0.3, -0.25) is 4.79 Å². The molecule has 11 heteroatoms. The molecule has 2 amide bonds. The molecule has 4 aromatic rings. The molecule has 2 aliphatic heterocycles. The number of ether oxygens (including phenoxy) is 1. The Morgan fingerprint density at radius 1 is 0.936 bits per heavy atom. The van der Waals surface area contributed by atoms with Gasteiger partial charge in [0, 0.05) is 74.9 Å². The molecule has 2 N–H and O–H groups in total. The summed E-state index contributed by atoms with van der Waals surface area (Å²) in [5.41, 5.74) is 3.92. The van der Waals surface area contributed by atoms with Crippen molar-refractivity contribution in [3.8, 4) is 11.3 Å². The number of hydrogen-bond donors (Lipinski definition) is 2. The number of nitrogens with one attached hydrogen (secondary N) is 2. The van der Waals surface area contributed by atoms with Gasteiger partial charge < -0.3 is 29.7 Å². The summed E-state index contributed by atoms with van der Waals surface area (Å²) in [6, 6.07) is 16.5. The van der Waals surface area contributed by atoms with Gasteiger partial charge in [-0.15, -0.1) is 0 Å². The first-order chi connectivity index (χ1) is 23.1. The van der Waals surface area contributed by atoms with Crippen LogP contribution in [0.5, 0.6) is 0 Å². The van der Waals surface area contributed by atoms with Gasteiger partial charge in [-0.05, 0) is 56.7 Å². The Balaban J connectivity index is 1.08. The third-order valence-corrected chi connectivity index (χ3v) is 9.26. The fraction of sp³-hybridized carbons (Fsp3) is 0.472. The zero-order chi connectivity index (χ0) is 32.4. The number of likely N-dealkylation sites (tertiary alicyclic amines) is 1. The molecule has 0 aliphatic carbocycles. The summed E-state index contributed by atoms with van der Waals surface area (Å²) in [6.07, 6.45) is 11.9. The van der Waals surface area contributed by atoms with Crippen molar-refractivity contribution in [1.82, 2.24) is 35.1 Å². The minimum atomic E-state index is -0.284. The Hall–Kier alpha value is -4.51. The van der Waals surface area contributed by atoms with Gasteiger partial charge in [-0.1, -0.05) is 43.7 Å². The van der Waals surface area contributed by atoms with E-state index in [2.05, 4.69) is 44.5 Å². The number of anilines is 1. The second-order valence-electron chi connectivity index (χ2n) is 12.5. The maximum Gasteiger partial charge on any atom is 0.407 e. The molecule has 2 saturated heterocycles. The lowest BCUT2D eigenvalue weighted by molar-refractivity contribution is 0.0952. The van der Waals surface area contributed by atoms with Crippen LogP contribution in [0.4, 0.5) is 10.6 Å². The van der Waals surface area contributed by atoms with Crippen molar-refractivity contribution in [3.05, 3.63) is 72.8 Å². The van der Waals surface area contributed by atoms with Gasteiger partial charge in [-0.2, -0.15) is 0 Å². The van der Waals surface area contributed by atoms with Crippen LogP contribution < -0.4 is 15.5 Å². The van der Waals surface area contributed by atoms with Gasteiger partial charge in [0.05, 0.1) is 24.0 Å². The summed E-state index contributed by atoms with van der Waals surface area (Å²) in [6.45, 7) is 7.71. The highest BCUT2D eigenvalue weighted by Gasteiger charge is 2.30. The summed E-state index contributed by atoms with van der Waals surface area (Å²) in [4.78, 5) is 44.3. The number of carbonyl (C=O) groups is 2. The van der Waals surface area contributed by atoms with E-state index in [0.29, 0.717) is 30.3 Å². The topological polar surface area (TPSA) is 118 Å². The van der Waals surface area contributed by atoms with Crippen LogP contribution in [0, 0.1) is 0 Å². The van der Waals surface area contributed by atoms with Crippen molar-refractivity contribution in [1.29, 1.82) is 0 Å². The smallest absolute Gasteiger partial charge is 0.407 e. The van der Waals surface area contributed by atoms with Gasteiger partial charge in [0.25, 0.3) is 5.91 Å². The largest absolute Gasteiger partial charge is 0.450 e. The Labute approximate surface area is 276 Å². The highest BCUT2D eigenvalue weighted by Crippen LogP contribution is 2.33. The molecular formula is C36H46N8O3. The van der Waals surface area contributed by atoms with Gasteiger partial charge in [0.2, 0.25) is 0 Å². The number of aryl methyl sites for hydroxylation is 1.